The molecule has 0 fully saturated rings. The first-order valence-electron chi connectivity index (χ1n) is 3.91. The smallest absolute Gasteiger partial charge is 0.0365 e. The van der Waals surface area contributed by atoms with Gasteiger partial charge in [-0.15, -0.1) is 6.58 Å². The zero-order chi connectivity index (χ0) is 8.10. The highest BCUT2D eigenvalue weighted by Crippen LogP contribution is 2.15. The highest BCUT2D eigenvalue weighted by molar-refractivity contribution is 4.94. The van der Waals surface area contributed by atoms with E-state index < -0.39 is 0 Å². The molecular formula is C10H14N. The number of hydrogen-bond donors (Lipinski definition) is 0. The average molecular weight is 148 g/mol. The Hall–Kier alpha value is -0.980. The first-order chi connectivity index (χ1) is 5.38. The van der Waals surface area contributed by atoms with Crippen molar-refractivity contribution in [3.63, 3.8) is 0 Å². The van der Waals surface area contributed by atoms with Crippen LogP contribution in [0.25, 0.3) is 0 Å². The molecule has 1 aromatic heterocycles. The molecule has 0 aromatic carbocycles. The standard InChI is InChI=1S/C10H14N/c1-3-7-10(4-2)11-8-5-6-9-11/h3,5-6,8-10H,1-2,4,7H2. The van der Waals surface area contributed by atoms with Gasteiger partial charge >= 0.3 is 0 Å². The number of rotatable bonds is 4. The quantitative estimate of drug-likeness (QED) is 0.579. The molecule has 0 saturated heterocycles. The topological polar surface area (TPSA) is 4.93 Å². The summed E-state index contributed by atoms with van der Waals surface area (Å²) in [6.07, 6.45) is 7.99. The van der Waals surface area contributed by atoms with Gasteiger partial charge in [0.1, 0.15) is 0 Å². The Kier molecular flexibility index (Phi) is 2.96. The van der Waals surface area contributed by atoms with E-state index in [1.165, 1.54) is 0 Å². The van der Waals surface area contributed by atoms with E-state index in [4.69, 9.17) is 0 Å². The zero-order valence-corrected chi connectivity index (χ0v) is 6.74. The molecular weight excluding hydrogens is 134 g/mol. The fourth-order valence-electron chi connectivity index (χ4n) is 1.17. The maximum absolute atomic E-state index is 3.89. The molecule has 0 spiro atoms. The predicted octanol–water partition coefficient (Wildman–Crippen LogP) is 2.83. The fraction of sp³-hybridized carbons (Fsp3) is 0.300. The van der Waals surface area contributed by atoms with E-state index in [0.717, 1.165) is 12.8 Å². The van der Waals surface area contributed by atoms with Gasteiger partial charge in [-0.3, -0.25) is 0 Å². The van der Waals surface area contributed by atoms with Crippen LogP contribution in [-0.4, -0.2) is 4.57 Å². The molecule has 11 heavy (non-hydrogen) atoms. The Morgan fingerprint density at radius 2 is 2.00 bits per heavy atom. The minimum Gasteiger partial charge on any atom is -0.351 e. The third-order valence-electron chi connectivity index (χ3n) is 1.82. The van der Waals surface area contributed by atoms with Crippen LogP contribution in [0.5, 0.6) is 0 Å². The van der Waals surface area contributed by atoms with Crippen molar-refractivity contribution in [1.82, 2.24) is 4.57 Å². The van der Waals surface area contributed by atoms with Crippen molar-refractivity contribution in [2.24, 2.45) is 0 Å². The maximum Gasteiger partial charge on any atom is 0.0365 e. The minimum absolute atomic E-state index is 0.488. The van der Waals surface area contributed by atoms with Crippen molar-refractivity contribution in [2.45, 2.75) is 18.9 Å². The molecule has 0 N–H and O–H groups in total. The van der Waals surface area contributed by atoms with E-state index in [-0.39, 0.29) is 0 Å². The van der Waals surface area contributed by atoms with Gasteiger partial charge in [0, 0.05) is 18.4 Å². The van der Waals surface area contributed by atoms with Crippen LogP contribution in [-0.2, 0) is 0 Å². The van der Waals surface area contributed by atoms with Crippen LogP contribution in [0.3, 0.4) is 0 Å². The van der Waals surface area contributed by atoms with Gasteiger partial charge in [0.05, 0.1) is 0 Å². The predicted molar refractivity (Wildman–Crippen MR) is 48.3 cm³/mol. The molecule has 0 aliphatic rings. The number of allylic oxidation sites excluding steroid dienone is 1. The van der Waals surface area contributed by atoms with Crippen molar-refractivity contribution < 1.29 is 0 Å². The van der Waals surface area contributed by atoms with Gasteiger partial charge in [-0.05, 0) is 25.0 Å². The second-order valence-corrected chi connectivity index (χ2v) is 2.60. The molecule has 1 unspecified atom stereocenters. The third-order valence-corrected chi connectivity index (χ3v) is 1.82. The summed E-state index contributed by atoms with van der Waals surface area (Å²) in [4.78, 5) is 0. The molecule has 1 aromatic rings. The van der Waals surface area contributed by atoms with Crippen molar-refractivity contribution in [3.05, 3.63) is 44.1 Å². The van der Waals surface area contributed by atoms with Crippen molar-refractivity contribution >= 4 is 0 Å². The van der Waals surface area contributed by atoms with Gasteiger partial charge in [-0.1, -0.05) is 13.0 Å². The molecule has 1 nitrogen and oxygen atoms in total. The molecule has 1 rings (SSSR count). The summed E-state index contributed by atoms with van der Waals surface area (Å²) in [6, 6.07) is 4.56. The number of aromatic nitrogens is 1. The summed E-state index contributed by atoms with van der Waals surface area (Å²) in [7, 11) is 0. The van der Waals surface area contributed by atoms with Gasteiger partial charge in [0.2, 0.25) is 0 Å². The monoisotopic (exact) mass is 148 g/mol. The number of hydrogen-bond acceptors (Lipinski definition) is 0. The van der Waals surface area contributed by atoms with Gasteiger partial charge in [0.25, 0.3) is 0 Å². The second-order valence-electron chi connectivity index (χ2n) is 2.60. The zero-order valence-electron chi connectivity index (χ0n) is 6.74. The van der Waals surface area contributed by atoms with Crippen LogP contribution in [0.1, 0.15) is 18.9 Å². The minimum atomic E-state index is 0.488. The van der Waals surface area contributed by atoms with Crippen molar-refractivity contribution in [1.29, 1.82) is 0 Å². The van der Waals surface area contributed by atoms with E-state index in [9.17, 15) is 0 Å². The summed E-state index contributed by atoms with van der Waals surface area (Å²) in [5.41, 5.74) is 0. The Morgan fingerprint density at radius 3 is 2.45 bits per heavy atom. The largest absolute Gasteiger partial charge is 0.351 e. The maximum atomic E-state index is 3.89. The molecule has 0 bridgehead atoms. The lowest BCUT2D eigenvalue weighted by Crippen LogP contribution is -2.03. The molecule has 59 valence electrons. The molecule has 0 saturated carbocycles. The summed E-state index contributed by atoms with van der Waals surface area (Å²) >= 11 is 0. The highest BCUT2D eigenvalue weighted by atomic mass is 15.0. The van der Waals surface area contributed by atoms with Crippen LogP contribution in [0.15, 0.2) is 37.2 Å². The SMILES string of the molecule is [CH2]CC(CC=C)n1cccc1. The fourth-order valence-corrected chi connectivity index (χ4v) is 1.17. The molecule has 1 heterocycles. The van der Waals surface area contributed by atoms with Gasteiger partial charge in [-0.25, -0.2) is 0 Å². The van der Waals surface area contributed by atoms with Crippen molar-refractivity contribution in [3.8, 4) is 0 Å². The molecule has 1 heteroatoms. The highest BCUT2D eigenvalue weighted by Gasteiger charge is 2.03. The average Bonchev–Trinajstić information content (AvgIpc) is 2.52. The lowest BCUT2D eigenvalue weighted by Gasteiger charge is -2.14. The van der Waals surface area contributed by atoms with Crippen LogP contribution in [0.4, 0.5) is 0 Å². The molecule has 0 amide bonds. The van der Waals surface area contributed by atoms with E-state index >= 15 is 0 Å². The van der Waals surface area contributed by atoms with Gasteiger partial charge < -0.3 is 4.57 Å². The van der Waals surface area contributed by atoms with Gasteiger partial charge in [0.15, 0.2) is 0 Å². The summed E-state index contributed by atoms with van der Waals surface area (Å²) in [5.74, 6) is 0. The molecule has 1 atom stereocenters. The first kappa shape index (κ1) is 8.12. The van der Waals surface area contributed by atoms with Gasteiger partial charge in [-0.2, -0.15) is 0 Å². The summed E-state index contributed by atoms with van der Waals surface area (Å²) in [5, 5.41) is 0. The Labute approximate surface area is 68.4 Å². The van der Waals surface area contributed by atoms with Crippen LogP contribution in [0, 0.1) is 6.92 Å². The van der Waals surface area contributed by atoms with Crippen molar-refractivity contribution in [2.75, 3.05) is 0 Å². The Balaban J connectivity index is 2.62. The molecule has 1 radical (unpaired) electrons. The Bertz CT molecular complexity index is 199. The van der Waals surface area contributed by atoms with E-state index in [0.29, 0.717) is 6.04 Å². The molecule has 0 aliphatic heterocycles. The first-order valence-corrected chi connectivity index (χ1v) is 3.91. The number of nitrogens with zero attached hydrogens (tertiary/aromatic N) is 1. The Morgan fingerprint density at radius 1 is 1.36 bits per heavy atom. The van der Waals surface area contributed by atoms with E-state index in [1.807, 2.05) is 18.2 Å². The normalized spacial score (nSPS) is 12.8. The lowest BCUT2D eigenvalue weighted by atomic mass is 10.1. The summed E-state index contributed by atoms with van der Waals surface area (Å²) < 4.78 is 2.18. The van der Waals surface area contributed by atoms with E-state index in [1.54, 1.807) is 0 Å². The lowest BCUT2D eigenvalue weighted by molar-refractivity contribution is 0.514. The van der Waals surface area contributed by atoms with Crippen LogP contribution < -0.4 is 0 Å². The van der Waals surface area contributed by atoms with Crippen LogP contribution in [0.2, 0.25) is 0 Å². The second kappa shape index (κ2) is 4.02. The summed E-state index contributed by atoms with van der Waals surface area (Å²) in [6.45, 7) is 7.61. The van der Waals surface area contributed by atoms with E-state index in [2.05, 4.69) is 30.5 Å². The third kappa shape index (κ3) is 1.97. The molecule has 0 aliphatic carbocycles. The van der Waals surface area contributed by atoms with Crippen LogP contribution >= 0.6 is 0 Å².